The number of rotatable bonds is 3. The molecule has 1 aromatic rings. The Balaban J connectivity index is 2.27. The third-order valence-electron chi connectivity index (χ3n) is 4.00. The van der Waals surface area contributed by atoms with E-state index in [1.807, 2.05) is 13.1 Å². The molecule has 0 unspecified atom stereocenters. The minimum Gasteiger partial charge on any atom is -0.399 e. The summed E-state index contributed by atoms with van der Waals surface area (Å²) in [6, 6.07) is 2.06. The highest BCUT2D eigenvalue weighted by molar-refractivity contribution is 6.62. The largest absolute Gasteiger partial charge is 0.496 e. The highest BCUT2D eigenvalue weighted by Crippen LogP contribution is 2.36. The van der Waals surface area contributed by atoms with Crippen LogP contribution in [0.3, 0.4) is 0 Å². The fourth-order valence-corrected chi connectivity index (χ4v) is 2.03. The van der Waals surface area contributed by atoms with Gasteiger partial charge in [-0.1, -0.05) is 0 Å². The highest BCUT2D eigenvalue weighted by atomic mass is 16.7. The fraction of sp³-hybridized carbons (Fsp3) is 0.643. The first-order valence-electron chi connectivity index (χ1n) is 6.83. The van der Waals surface area contributed by atoms with Gasteiger partial charge in [0.2, 0.25) is 0 Å². The zero-order chi connectivity index (χ0) is 14.3. The van der Waals surface area contributed by atoms with Gasteiger partial charge >= 0.3 is 7.12 Å². The lowest BCUT2D eigenvalue weighted by Gasteiger charge is -2.32. The Bertz CT molecular complexity index is 459. The van der Waals surface area contributed by atoms with Crippen LogP contribution in [0.4, 0.5) is 5.69 Å². The van der Waals surface area contributed by atoms with Crippen molar-refractivity contribution in [3.8, 4) is 0 Å². The quantitative estimate of drug-likeness (QED) is 0.847. The molecular formula is C14H23BN2O2. The summed E-state index contributed by atoms with van der Waals surface area (Å²) in [5.41, 5.74) is 2.35. The van der Waals surface area contributed by atoms with Crippen molar-refractivity contribution in [2.75, 3.05) is 11.9 Å². The number of hydrogen-bond acceptors (Lipinski definition) is 4. The molecule has 2 heterocycles. The van der Waals surface area contributed by atoms with E-state index in [-0.39, 0.29) is 18.3 Å². The number of anilines is 1. The predicted molar refractivity (Wildman–Crippen MR) is 78.9 cm³/mol. The molecule has 0 radical (unpaired) electrons. The summed E-state index contributed by atoms with van der Waals surface area (Å²) in [4.78, 5) is 4.42. The van der Waals surface area contributed by atoms with Gasteiger partial charge < -0.3 is 14.6 Å². The molecule has 2 rings (SSSR count). The number of aromatic nitrogens is 1. The molecule has 1 N–H and O–H groups in total. The average Bonchev–Trinajstić information content (AvgIpc) is 2.51. The zero-order valence-electron chi connectivity index (χ0n) is 12.7. The second kappa shape index (κ2) is 4.80. The van der Waals surface area contributed by atoms with Crippen LogP contribution in [0.15, 0.2) is 12.3 Å². The summed E-state index contributed by atoms with van der Waals surface area (Å²) in [6.45, 7) is 13.2. The first-order valence-corrected chi connectivity index (χ1v) is 6.83. The van der Waals surface area contributed by atoms with E-state index in [0.717, 1.165) is 23.4 Å². The van der Waals surface area contributed by atoms with Crippen molar-refractivity contribution in [3.05, 3.63) is 18.0 Å². The van der Waals surface area contributed by atoms with Gasteiger partial charge in [-0.3, -0.25) is 4.98 Å². The molecule has 1 aliphatic heterocycles. The standard InChI is InChI=1S/C14H23BN2O2/c1-7-16-12-8-11(9-17-10(12)2)15-18-13(3,4)14(5,6)19-15/h8-9,16H,7H2,1-6H3. The van der Waals surface area contributed by atoms with Crippen LogP contribution in [0.1, 0.15) is 40.3 Å². The summed E-state index contributed by atoms with van der Waals surface area (Å²) >= 11 is 0. The Morgan fingerprint density at radius 1 is 1.21 bits per heavy atom. The number of aryl methyl sites for hydroxylation is 1. The van der Waals surface area contributed by atoms with Crippen molar-refractivity contribution >= 4 is 18.3 Å². The summed E-state index contributed by atoms with van der Waals surface area (Å²) < 4.78 is 12.1. The Morgan fingerprint density at radius 2 is 1.79 bits per heavy atom. The van der Waals surface area contributed by atoms with Crippen LogP contribution in [0.25, 0.3) is 0 Å². The summed E-state index contributed by atoms with van der Waals surface area (Å²) in [5.74, 6) is 0. The number of nitrogens with one attached hydrogen (secondary N) is 1. The Kier molecular flexibility index (Phi) is 3.62. The third-order valence-corrected chi connectivity index (χ3v) is 4.00. The molecule has 0 bridgehead atoms. The Hall–Kier alpha value is -1.07. The van der Waals surface area contributed by atoms with Gasteiger partial charge in [-0.15, -0.1) is 0 Å². The van der Waals surface area contributed by atoms with Crippen LogP contribution in [0, 0.1) is 6.92 Å². The lowest BCUT2D eigenvalue weighted by molar-refractivity contribution is 0.00578. The molecule has 0 saturated carbocycles. The van der Waals surface area contributed by atoms with Crippen LogP contribution in [-0.4, -0.2) is 29.8 Å². The Labute approximate surface area is 116 Å². The molecule has 19 heavy (non-hydrogen) atoms. The maximum absolute atomic E-state index is 6.03. The lowest BCUT2D eigenvalue weighted by atomic mass is 9.80. The number of nitrogens with zero attached hydrogens (tertiary/aromatic N) is 1. The summed E-state index contributed by atoms with van der Waals surface area (Å²) in [6.07, 6.45) is 1.83. The van der Waals surface area contributed by atoms with Gasteiger partial charge in [0, 0.05) is 18.2 Å². The molecule has 1 fully saturated rings. The van der Waals surface area contributed by atoms with Crippen LogP contribution < -0.4 is 10.8 Å². The Morgan fingerprint density at radius 3 is 2.32 bits per heavy atom. The van der Waals surface area contributed by atoms with Crippen molar-refractivity contribution in [1.82, 2.24) is 4.98 Å². The molecule has 0 aliphatic carbocycles. The second-order valence-electron chi connectivity index (χ2n) is 6.02. The van der Waals surface area contributed by atoms with Crippen LogP contribution >= 0.6 is 0 Å². The monoisotopic (exact) mass is 262 g/mol. The summed E-state index contributed by atoms with van der Waals surface area (Å²) in [5, 5.41) is 3.31. The minimum absolute atomic E-state index is 0.319. The first-order chi connectivity index (χ1) is 8.77. The molecule has 1 aliphatic rings. The molecular weight excluding hydrogens is 239 g/mol. The molecule has 1 saturated heterocycles. The van der Waals surface area contributed by atoms with E-state index in [1.54, 1.807) is 0 Å². The van der Waals surface area contributed by atoms with Crippen LogP contribution in [0.5, 0.6) is 0 Å². The molecule has 4 nitrogen and oxygen atoms in total. The molecule has 0 aromatic carbocycles. The van der Waals surface area contributed by atoms with Gasteiger partial charge in [0.05, 0.1) is 22.6 Å². The summed E-state index contributed by atoms with van der Waals surface area (Å²) in [7, 11) is -0.351. The maximum atomic E-state index is 6.03. The molecule has 0 spiro atoms. The molecule has 5 heteroatoms. The topological polar surface area (TPSA) is 43.4 Å². The van der Waals surface area contributed by atoms with Crippen molar-refractivity contribution in [1.29, 1.82) is 0 Å². The zero-order valence-corrected chi connectivity index (χ0v) is 12.7. The van der Waals surface area contributed by atoms with E-state index in [2.05, 4.69) is 51.0 Å². The SMILES string of the molecule is CCNc1cc(B2OC(C)(C)C(C)(C)O2)cnc1C. The van der Waals surface area contributed by atoms with E-state index in [9.17, 15) is 0 Å². The van der Waals surface area contributed by atoms with E-state index in [4.69, 9.17) is 9.31 Å². The van der Waals surface area contributed by atoms with E-state index >= 15 is 0 Å². The lowest BCUT2D eigenvalue weighted by Crippen LogP contribution is -2.41. The van der Waals surface area contributed by atoms with E-state index < -0.39 is 0 Å². The van der Waals surface area contributed by atoms with Gasteiger partial charge in [0.15, 0.2) is 0 Å². The van der Waals surface area contributed by atoms with Gasteiger partial charge in [-0.05, 0) is 47.6 Å². The van der Waals surface area contributed by atoms with E-state index in [0.29, 0.717) is 0 Å². The smallest absolute Gasteiger partial charge is 0.399 e. The molecule has 1 aromatic heterocycles. The van der Waals surface area contributed by atoms with Gasteiger partial charge in [0.25, 0.3) is 0 Å². The normalized spacial score (nSPS) is 20.6. The fourth-order valence-electron chi connectivity index (χ4n) is 2.03. The van der Waals surface area contributed by atoms with E-state index in [1.165, 1.54) is 0 Å². The van der Waals surface area contributed by atoms with Crippen molar-refractivity contribution < 1.29 is 9.31 Å². The number of hydrogen-bond donors (Lipinski definition) is 1. The second-order valence-corrected chi connectivity index (χ2v) is 6.02. The maximum Gasteiger partial charge on any atom is 0.496 e. The van der Waals surface area contributed by atoms with Crippen molar-refractivity contribution in [2.24, 2.45) is 0 Å². The van der Waals surface area contributed by atoms with Gasteiger partial charge in [-0.2, -0.15) is 0 Å². The minimum atomic E-state index is -0.351. The predicted octanol–water partition coefficient (Wildman–Crippen LogP) is 2.12. The average molecular weight is 262 g/mol. The van der Waals surface area contributed by atoms with Gasteiger partial charge in [-0.25, -0.2) is 0 Å². The van der Waals surface area contributed by atoms with Gasteiger partial charge in [0.1, 0.15) is 0 Å². The number of pyridine rings is 1. The molecule has 0 amide bonds. The third kappa shape index (κ3) is 2.62. The highest BCUT2D eigenvalue weighted by Gasteiger charge is 2.51. The first kappa shape index (κ1) is 14.3. The molecule has 0 atom stereocenters. The van der Waals surface area contributed by atoms with Crippen LogP contribution in [-0.2, 0) is 9.31 Å². The molecule has 104 valence electrons. The van der Waals surface area contributed by atoms with Crippen molar-refractivity contribution in [2.45, 2.75) is 52.7 Å². The van der Waals surface area contributed by atoms with Crippen LogP contribution in [0.2, 0.25) is 0 Å². The van der Waals surface area contributed by atoms with Crippen molar-refractivity contribution in [3.63, 3.8) is 0 Å².